The van der Waals surface area contributed by atoms with Crippen molar-refractivity contribution in [2.75, 3.05) is 13.2 Å². The molecule has 1 aromatic carbocycles. The van der Waals surface area contributed by atoms with Gasteiger partial charge in [0.15, 0.2) is 0 Å². The van der Waals surface area contributed by atoms with Crippen LogP contribution in [0.4, 0.5) is 4.39 Å². The van der Waals surface area contributed by atoms with Gasteiger partial charge in [0.2, 0.25) is 0 Å². The van der Waals surface area contributed by atoms with Crippen molar-refractivity contribution in [3.8, 4) is 6.07 Å². The van der Waals surface area contributed by atoms with Gasteiger partial charge in [0.05, 0.1) is 18.2 Å². The van der Waals surface area contributed by atoms with Crippen LogP contribution in [-0.2, 0) is 11.3 Å². The summed E-state index contributed by atoms with van der Waals surface area (Å²) >= 11 is 0. The van der Waals surface area contributed by atoms with Crippen LogP contribution in [0.3, 0.4) is 0 Å². The Morgan fingerprint density at radius 1 is 1.56 bits per heavy atom. The normalized spacial score (nSPS) is 19.6. The number of halogens is 1. The Kier molecular flexibility index (Phi) is 3.50. The van der Waals surface area contributed by atoms with Gasteiger partial charge in [0.25, 0.3) is 0 Å². The van der Waals surface area contributed by atoms with E-state index in [2.05, 4.69) is 11.4 Å². The number of hydrogen-bond donors (Lipinski definition) is 1. The van der Waals surface area contributed by atoms with E-state index in [9.17, 15) is 4.39 Å². The second-order valence-electron chi connectivity index (χ2n) is 3.85. The van der Waals surface area contributed by atoms with Crippen LogP contribution in [0.5, 0.6) is 0 Å². The maximum Gasteiger partial charge on any atom is 0.123 e. The summed E-state index contributed by atoms with van der Waals surface area (Å²) in [5.74, 6) is -0.307. The first kappa shape index (κ1) is 11.1. The highest BCUT2D eigenvalue weighted by Crippen LogP contribution is 2.11. The molecule has 0 aliphatic carbocycles. The number of nitrogens with one attached hydrogen (secondary N) is 1. The predicted molar refractivity (Wildman–Crippen MR) is 57.2 cm³/mol. The molecular weight excluding hydrogens is 207 g/mol. The molecule has 4 heteroatoms. The highest BCUT2D eigenvalue weighted by molar-refractivity contribution is 5.37. The van der Waals surface area contributed by atoms with Crippen molar-refractivity contribution >= 4 is 0 Å². The van der Waals surface area contributed by atoms with E-state index in [4.69, 9.17) is 10.00 Å². The van der Waals surface area contributed by atoms with Gasteiger partial charge in [0.1, 0.15) is 5.82 Å². The van der Waals surface area contributed by atoms with Crippen molar-refractivity contribution in [3.63, 3.8) is 0 Å². The van der Waals surface area contributed by atoms with Crippen molar-refractivity contribution < 1.29 is 9.13 Å². The molecule has 0 bridgehead atoms. The largest absolute Gasteiger partial charge is 0.380 e. The van der Waals surface area contributed by atoms with Gasteiger partial charge >= 0.3 is 0 Å². The van der Waals surface area contributed by atoms with Crippen molar-refractivity contribution in [1.82, 2.24) is 5.32 Å². The molecule has 1 aliphatic rings. The molecule has 0 radical (unpaired) electrons. The number of hydrogen-bond acceptors (Lipinski definition) is 3. The highest BCUT2D eigenvalue weighted by Gasteiger charge is 2.15. The number of rotatable bonds is 3. The third-order valence-electron chi connectivity index (χ3n) is 2.70. The molecule has 0 spiro atoms. The van der Waals surface area contributed by atoms with Crippen molar-refractivity contribution in [2.24, 2.45) is 0 Å². The zero-order chi connectivity index (χ0) is 11.4. The van der Waals surface area contributed by atoms with Gasteiger partial charge < -0.3 is 10.1 Å². The molecule has 1 aromatic rings. The van der Waals surface area contributed by atoms with Crippen molar-refractivity contribution in [2.45, 2.75) is 19.0 Å². The lowest BCUT2D eigenvalue weighted by molar-refractivity contribution is 0.190. The number of ether oxygens (including phenoxy) is 1. The fourth-order valence-corrected chi connectivity index (χ4v) is 1.77. The van der Waals surface area contributed by atoms with Crippen LogP contribution in [0.25, 0.3) is 0 Å². The molecule has 1 saturated heterocycles. The first-order valence-electron chi connectivity index (χ1n) is 5.29. The monoisotopic (exact) mass is 220 g/mol. The minimum atomic E-state index is -0.307. The molecule has 1 heterocycles. The molecule has 2 rings (SSSR count). The van der Waals surface area contributed by atoms with Crippen LogP contribution in [0.1, 0.15) is 17.5 Å². The number of nitrogens with zero attached hydrogens (tertiary/aromatic N) is 1. The summed E-state index contributed by atoms with van der Waals surface area (Å²) in [5, 5.41) is 12.1. The van der Waals surface area contributed by atoms with Gasteiger partial charge in [-0.15, -0.1) is 0 Å². The Morgan fingerprint density at radius 3 is 3.12 bits per heavy atom. The molecule has 84 valence electrons. The SMILES string of the molecule is N#Cc1ccc(F)cc1CNC1CCOC1. The maximum absolute atomic E-state index is 13.0. The van der Waals surface area contributed by atoms with E-state index in [-0.39, 0.29) is 5.82 Å². The molecule has 1 atom stereocenters. The van der Waals surface area contributed by atoms with Gasteiger partial charge in [-0.2, -0.15) is 5.26 Å². The summed E-state index contributed by atoms with van der Waals surface area (Å²) in [6, 6.07) is 6.60. The lowest BCUT2D eigenvalue weighted by Crippen LogP contribution is -2.28. The van der Waals surface area contributed by atoms with E-state index in [0.717, 1.165) is 13.0 Å². The average molecular weight is 220 g/mol. The Morgan fingerprint density at radius 2 is 2.44 bits per heavy atom. The maximum atomic E-state index is 13.0. The van der Waals surface area contributed by atoms with Gasteiger partial charge in [-0.25, -0.2) is 4.39 Å². The molecule has 0 saturated carbocycles. The van der Waals surface area contributed by atoms with E-state index in [1.165, 1.54) is 18.2 Å². The standard InChI is InChI=1S/C12H13FN2O/c13-11-2-1-9(6-14)10(5-11)7-15-12-3-4-16-8-12/h1-2,5,12,15H,3-4,7-8H2. The summed E-state index contributed by atoms with van der Waals surface area (Å²) in [4.78, 5) is 0. The minimum Gasteiger partial charge on any atom is -0.380 e. The van der Waals surface area contributed by atoms with Crippen molar-refractivity contribution in [1.29, 1.82) is 5.26 Å². The third kappa shape index (κ3) is 2.57. The molecular formula is C12H13FN2O. The molecule has 16 heavy (non-hydrogen) atoms. The molecule has 0 aromatic heterocycles. The van der Waals surface area contributed by atoms with Crippen LogP contribution in [0, 0.1) is 17.1 Å². The van der Waals surface area contributed by atoms with E-state index in [1.807, 2.05) is 0 Å². The lowest BCUT2D eigenvalue weighted by atomic mass is 10.1. The summed E-state index contributed by atoms with van der Waals surface area (Å²) in [6.45, 7) is 1.97. The van der Waals surface area contributed by atoms with Gasteiger partial charge in [0, 0.05) is 19.2 Å². The van der Waals surface area contributed by atoms with Crippen LogP contribution < -0.4 is 5.32 Å². The van der Waals surface area contributed by atoms with E-state index in [1.54, 1.807) is 0 Å². The van der Waals surface area contributed by atoms with E-state index in [0.29, 0.717) is 30.3 Å². The predicted octanol–water partition coefficient (Wildman–Crippen LogP) is 1.58. The number of nitriles is 1. The lowest BCUT2D eigenvalue weighted by Gasteiger charge is -2.11. The molecule has 1 aliphatic heterocycles. The highest BCUT2D eigenvalue weighted by atomic mass is 19.1. The van der Waals surface area contributed by atoms with Crippen LogP contribution in [0.15, 0.2) is 18.2 Å². The second-order valence-corrected chi connectivity index (χ2v) is 3.85. The second kappa shape index (κ2) is 5.06. The molecule has 0 amide bonds. The van der Waals surface area contributed by atoms with Crippen LogP contribution in [0.2, 0.25) is 0 Å². The Labute approximate surface area is 93.8 Å². The quantitative estimate of drug-likeness (QED) is 0.841. The summed E-state index contributed by atoms with van der Waals surface area (Å²) in [6.07, 6.45) is 0.969. The fourth-order valence-electron chi connectivity index (χ4n) is 1.77. The first-order valence-corrected chi connectivity index (χ1v) is 5.29. The Balaban J connectivity index is 2.02. The Hall–Kier alpha value is -1.44. The molecule has 3 nitrogen and oxygen atoms in total. The smallest absolute Gasteiger partial charge is 0.123 e. The molecule has 1 N–H and O–H groups in total. The topological polar surface area (TPSA) is 45.0 Å². The summed E-state index contributed by atoms with van der Waals surface area (Å²) in [7, 11) is 0. The first-order chi connectivity index (χ1) is 7.79. The summed E-state index contributed by atoms with van der Waals surface area (Å²) in [5.41, 5.74) is 1.22. The zero-order valence-electron chi connectivity index (χ0n) is 8.87. The third-order valence-corrected chi connectivity index (χ3v) is 2.70. The minimum absolute atomic E-state index is 0.307. The fraction of sp³-hybridized carbons (Fsp3) is 0.417. The zero-order valence-corrected chi connectivity index (χ0v) is 8.87. The van der Waals surface area contributed by atoms with Crippen LogP contribution >= 0.6 is 0 Å². The van der Waals surface area contributed by atoms with Crippen molar-refractivity contribution in [3.05, 3.63) is 35.1 Å². The average Bonchev–Trinajstić information content (AvgIpc) is 2.79. The van der Waals surface area contributed by atoms with Crippen LogP contribution in [-0.4, -0.2) is 19.3 Å². The van der Waals surface area contributed by atoms with Gasteiger partial charge in [-0.3, -0.25) is 0 Å². The summed E-state index contributed by atoms with van der Waals surface area (Å²) < 4.78 is 18.2. The van der Waals surface area contributed by atoms with Gasteiger partial charge in [-0.1, -0.05) is 0 Å². The van der Waals surface area contributed by atoms with Gasteiger partial charge in [-0.05, 0) is 30.2 Å². The number of benzene rings is 1. The van der Waals surface area contributed by atoms with E-state index < -0.39 is 0 Å². The molecule has 1 unspecified atom stereocenters. The molecule has 1 fully saturated rings. The Bertz CT molecular complexity index is 408. The van der Waals surface area contributed by atoms with E-state index >= 15 is 0 Å².